The molecule has 0 radical (unpaired) electrons. The number of nitrogens with one attached hydrogen (secondary N) is 1. The third-order valence-corrected chi connectivity index (χ3v) is 5.78. The van der Waals surface area contributed by atoms with Crippen molar-refractivity contribution < 1.29 is 8.42 Å². The second-order valence-corrected chi connectivity index (χ2v) is 7.70. The van der Waals surface area contributed by atoms with Gasteiger partial charge in [0, 0.05) is 12.1 Å². The molecule has 0 bridgehead atoms. The topological polar surface area (TPSA) is 46.2 Å². The predicted octanol–water partition coefficient (Wildman–Crippen LogP) is 2.93. The van der Waals surface area contributed by atoms with Crippen LogP contribution in [0.5, 0.6) is 0 Å². The molecule has 0 aromatic heterocycles. The van der Waals surface area contributed by atoms with Gasteiger partial charge in [-0.25, -0.2) is 8.42 Å². The van der Waals surface area contributed by atoms with E-state index < -0.39 is 9.84 Å². The van der Waals surface area contributed by atoms with Crippen LogP contribution >= 0.6 is 0 Å². The van der Waals surface area contributed by atoms with Gasteiger partial charge in [0.2, 0.25) is 0 Å². The molecule has 0 spiro atoms. The lowest BCUT2D eigenvalue weighted by molar-refractivity contribution is 0.336. The second-order valence-electron chi connectivity index (χ2n) is 5.62. The molecule has 19 heavy (non-hydrogen) atoms. The number of rotatable bonds is 4. The third-order valence-electron chi connectivity index (χ3n) is 3.96. The van der Waals surface area contributed by atoms with Crippen LogP contribution < -0.4 is 5.32 Å². The molecule has 3 nitrogen and oxygen atoms in total. The van der Waals surface area contributed by atoms with Gasteiger partial charge in [0.15, 0.2) is 9.84 Å². The van der Waals surface area contributed by atoms with E-state index in [1.54, 1.807) is 12.1 Å². The van der Waals surface area contributed by atoms with E-state index in [9.17, 15) is 8.42 Å². The smallest absolute Gasteiger partial charge is 0.178 e. The molecular formula is C15H23NO2S. The molecule has 0 fully saturated rings. The minimum Gasteiger partial charge on any atom is -0.307 e. The summed E-state index contributed by atoms with van der Waals surface area (Å²) in [5.74, 6) is 0.798. The molecule has 2 unspecified atom stereocenters. The summed E-state index contributed by atoms with van der Waals surface area (Å²) in [5, 5.41) is 3.63. The quantitative estimate of drug-likeness (QED) is 0.923. The number of hydrogen-bond acceptors (Lipinski definition) is 3. The fourth-order valence-corrected chi connectivity index (χ4v) is 4.42. The summed E-state index contributed by atoms with van der Waals surface area (Å²) in [5.41, 5.74) is 0.938. The monoisotopic (exact) mass is 281 g/mol. The van der Waals surface area contributed by atoms with E-state index >= 15 is 0 Å². The molecule has 1 aromatic rings. The normalized spacial score (nSPS) is 23.1. The van der Waals surface area contributed by atoms with Gasteiger partial charge in [0.05, 0.1) is 10.6 Å². The molecule has 1 aliphatic rings. The van der Waals surface area contributed by atoms with Crippen LogP contribution in [0.2, 0.25) is 0 Å². The third kappa shape index (κ3) is 3.00. The van der Waals surface area contributed by atoms with Crippen LogP contribution in [0.15, 0.2) is 29.2 Å². The number of fused-ring (bicyclic) bond motifs is 1. The highest BCUT2D eigenvalue weighted by atomic mass is 32.2. The number of hydrogen-bond donors (Lipinski definition) is 1. The first kappa shape index (κ1) is 14.5. The first-order valence-corrected chi connectivity index (χ1v) is 8.68. The van der Waals surface area contributed by atoms with E-state index in [0.29, 0.717) is 23.3 Å². The van der Waals surface area contributed by atoms with Crippen LogP contribution in [0.4, 0.5) is 0 Å². The average molecular weight is 281 g/mol. The Bertz CT molecular complexity index is 537. The molecule has 106 valence electrons. The van der Waals surface area contributed by atoms with E-state index in [1.807, 2.05) is 12.1 Å². The van der Waals surface area contributed by atoms with Gasteiger partial charge in [0.1, 0.15) is 0 Å². The van der Waals surface area contributed by atoms with Gasteiger partial charge < -0.3 is 5.32 Å². The minimum absolute atomic E-state index is 0.159. The van der Waals surface area contributed by atoms with Crippen molar-refractivity contribution in [2.75, 3.05) is 5.75 Å². The Morgan fingerprint density at radius 1 is 1.32 bits per heavy atom. The number of benzene rings is 1. The van der Waals surface area contributed by atoms with E-state index in [2.05, 4.69) is 26.1 Å². The molecule has 1 heterocycles. The SMILES string of the molecule is CCC(NC1CCS(=O)(=O)c2ccccc21)C(C)C. The molecule has 1 aliphatic heterocycles. The highest BCUT2D eigenvalue weighted by Crippen LogP contribution is 2.32. The van der Waals surface area contributed by atoms with Crippen LogP contribution in [0.3, 0.4) is 0 Å². The fourth-order valence-electron chi connectivity index (χ4n) is 2.80. The maximum Gasteiger partial charge on any atom is 0.178 e. The summed E-state index contributed by atoms with van der Waals surface area (Å²) in [6.07, 6.45) is 1.73. The van der Waals surface area contributed by atoms with Gasteiger partial charge in [-0.1, -0.05) is 39.0 Å². The van der Waals surface area contributed by atoms with Crippen LogP contribution in [-0.4, -0.2) is 20.2 Å². The molecule has 4 heteroatoms. The summed E-state index contributed by atoms with van der Waals surface area (Å²) < 4.78 is 24.2. The van der Waals surface area contributed by atoms with Crippen molar-refractivity contribution >= 4 is 9.84 Å². The first-order chi connectivity index (χ1) is 8.95. The summed E-state index contributed by atoms with van der Waals surface area (Å²) in [6, 6.07) is 7.99. The van der Waals surface area contributed by atoms with Crippen molar-refractivity contribution in [3.63, 3.8) is 0 Å². The predicted molar refractivity (Wildman–Crippen MR) is 77.9 cm³/mol. The molecule has 2 rings (SSSR count). The maximum absolute atomic E-state index is 12.1. The Kier molecular flexibility index (Phi) is 4.31. The molecule has 0 amide bonds. The molecule has 1 aromatic carbocycles. The minimum atomic E-state index is -3.08. The Morgan fingerprint density at radius 2 is 2.00 bits per heavy atom. The van der Waals surface area contributed by atoms with Crippen molar-refractivity contribution in [1.29, 1.82) is 0 Å². The lowest BCUT2D eigenvalue weighted by Gasteiger charge is -2.31. The largest absolute Gasteiger partial charge is 0.307 e. The van der Waals surface area contributed by atoms with Crippen molar-refractivity contribution in [3.05, 3.63) is 29.8 Å². The van der Waals surface area contributed by atoms with Gasteiger partial charge in [-0.3, -0.25) is 0 Å². The lowest BCUT2D eigenvalue weighted by Crippen LogP contribution is -2.39. The average Bonchev–Trinajstić information content (AvgIpc) is 2.38. The molecule has 2 atom stereocenters. The second kappa shape index (κ2) is 5.63. The van der Waals surface area contributed by atoms with E-state index in [0.717, 1.165) is 12.0 Å². The van der Waals surface area contributed by atoms with Crippen LogP contribution in [-0.2, 0) is 9.84 Å². The fraction of sp³-hybridized carbons (Fsp3) is 0.600. The Morgan fingerprint density at radius 3 is 2.63 bits per heavy atom. The van der Waals surface area contributed by atoms with Gasteiger partial charge >= 0.3 is 0 Å². The van der Waals surface area contributed by atoms with Crippen LogP contribution in [0, 0.1) is 5.92 Å². The van der Waals surface area contributed by atoms with Crippen LogP contribution in [0.25, 0.3) is 0 Å². The van der Waals surface area contributed by atoms with Crippen LogP contribution in [0.1, 0.15) is 45.2 Å². The van der Waals surface area contributed by atoms with E-state index in [1.165, 1.54) is 0 Å². The van der Waals surface area contributed by atoms with Crippen molar-refractivity contribution in [3.8, 4) is 0 Å². The Balaban J connectivity index is 2.30. The van der Waals surface area contributed by atoms with Crippen molar-refractivity contribution in [2.24, 2.45) is 5.92 Å². The van der Waals surface area contributed by atoms with Crippen molar-refractivity contribution in [1.82, 2.24) is 5.32 Å². The lowest BCUT2D eigenvalue weighted by atomic mass is 9.97. The zero-order valence-corrected chi connectivity index (χ0v) is 12.7. The summed E-state index contributed by atoms with van der Waals surface area (Å²) >= 11 is 0. The summed E-state index contributed by atoms with van der Waals surface area (Å²) in [7, 11) is -3.08. The zero-order chi connectivity index (χ0) is 14.0. The molecular weight excluding hydrogens is 258 g/mol. The zero-order valence-electron chi connectivity index (χ0n) is 11.9. The van der Waals surface area contributed by atoms with Gasteiger partial charge in [-0.15, -0.1) is 0 Å². The standard InChI is InChI=1S/C15H23NO2S/c1-4-13(11(2)3)16-14-9-10-19(17,18)15-8-6-5-7-12(14)15/h5-8,11,13-14,16H,4,9-10H2,1-3H3. The highest BCUT2D eigenvalue weighted by Gasteiger charge is 2.31. The van der Waals surface area contributed by atoms with Gasteiger partial charge in [-0.05, 0) is 30.4 Å². The van der Waals surface area contributed by atoms with Gasteiger partial charge in [0.25, 0.3) is 0 Å². The Hall–Kier alpha value is -0.870. The molecule has 1 N–H and O–H groups in total. The Labute approximate surface area is 116 Å². The molecule has 0 saturated heterocycles. The number of sulfone groups is 1. The molecule has 0 saturated carbocycles. The van der Waals surface area contributed by atoms with Gasteiger partial charge in [-0.2, -0.15) is 0 Å². The van der Waals surface area contributed by atoms with Crippen molar-refractivity contribution in [2.45, 2.75) is 50.6 Å². The van der Waals surface area contributed by atoms with E-state index in [-0.39, 0.29) is 11.8 Å². The van der Waals surface area contributed by atoms with E-state index in [4.69, 9.17) is 0 Å². The molecule has 0 aliphatic carbocycles. The summed E-state index contributed by atoms with van der Waals surface area (Å²) in [4.78, 5) is 0.511. The maximum atomic E-state index is 12.1. The summed E-state index contributed by atoms with van der Waals surface area (Å²) in [6.45, 7) is 6.57. The highest BCUT2D eigenvalue weighted by molar-refractivity contribution is 7.91. The first-order valence-electron chi connectivity index (χ1n) is 7.03.